The van der Waals surface area contributed by atoms with Gasteiger partial charge in [-0.05, 0) is 42.2 Å². The van der Waals surface area contributed by atoms with Crippen LogP contribution in [0.5, 0.6) is 11.5 Å². The van der Waals surface area contributed by atoms with Gasteiger partial charge in [0.2, 0.25) is 11.8 Å². The molecule has 0 fully saturated rings. The molecule has 38 heavy (non-hydrogen) atoms. The molecule has 9 nitrogen and oxygen atoms in total. The van der Waals surface area contributed by atoms with Crippen LogP contribution in [0.2, 0.25) is 0 Å². The molecule has 4 aromatic rings. The van der Waals surface area contributed by atoms with E-state index in [4.69, 9.17) is 9.47 Å². The van der Waals surface area contributed by atoms with Crippen LogP contribution >= 0.6 is 0 Å². The third kappa shape index (κ3) is 5.46. The summed E-state index contributed by atoms with van der Waals surface area (Å²) in [6.07, 6.45) is 0.830. The molecule has 0 radical (unpaired) electrons. The fraction of sp³-hybridized carbons (Fsp3) is 0.310. The number of hydrogen-bond acceptors (Lipinski definition) is 6. The second-order valence-corrected chi connectivity index (χ2v) is 9.61. The van der Waals surface area contributed by atoms with Gasteiger partial charge in [-0.25, -0.2) is 4.68 Å². The molecule has 1 aliphatic heterocycles. The number of carbonyl (C=O) groups excluding carboxylic acids is 2. The van der Waals surface area contributed by atoms with E-state index in [9.17, 15) is 9.59 Å². The van der Waals surface area contributed by atoms with E-state index in [0.717, 1.165) is 11.9 Å². The fourth-order valence-corrected chi connectivity index (χ4v) is 4.49. The van der Waals surface area contributed by atoms with Crippen molar-refractivity contribution in [2.45, 2.75) is 32.9 Å². The van der Waals surface area contributed by atoms with E-state index in [0.29, 0.717) is 53.9 Å². The van der Waals surface area contributed by atoms with Crippen LogP contribution < -0.4 is 19.7 Å². The van der Waals surface area contributed by atoms with Crippen LogP contribution in [0.4, 0.5) is 5.69 Å². The van der Waals surface area contributed by atoms with E-state index in [2.05, 4.69) is 29.5 Å². The summed E-state index contributed by atoms with van der Waals surface area (Å²) in [6.45, 7) is 5.49. The van der Waals surface area contributed by atoms with Crippen LogP contribution in [0.3, 0.4) is 0 Å². The van der Waals surface area contributed by atoms with Gasteiger partial charge in [-0.15, -0.1) is 5.10 Å². The molecule has 1 aromatic heterocycles. The molecule has 196 valence electrons. The molecule has 1 N–H and O–H groups in total. The number of benzene rings is 3. The number of fused-ring (bicyclic) bond motifs is 2. The van der Waals surface area contributed by atoms with Gasteiger partial charge < -0.3 is 14.8 Å². The maximum absolute atomic E-state index is 14.1. The number of hydrogen-bond donors (Lipinski definition) is 1. The summed E-state index contributed by atoms with van der Waals surface area (Å²) in [5.41, 5.74) is 2.65. The molecule has 0 saturated carbocycles. The quantitative estimate of drug-likeness (QED) is 0.361. The summed E-state index contributed by atoms with van der Waals surface area (Å²) >= 11 is 0. The second-order valence-electron chi connectivity index (χ2n) is 9.61. The van der Waals surface area contributed by atoms with Crippen molar-refractivity contribution in [1.29, 1.82) is 0 Å². The Labute approximate surface area is 221 Å². The summed E-state index contributed by atoms with van der Waals surface area (Å²) in [7, 11) is 0. The Bertz CT molecular complexity index is 1420. The van der Waals surface area contributed by atoms with E-state index in [1.165, 1.54) is 4.90 Å². The topological polar surface area (TPSA) is 98.6 Å². The van der Waals surface area contributed by atoms with Crippen molar-refractivity contribution in [3.8, 4) is 11.5 Å². The molecule has 1 aliphatic rings. The zero-order chi connectivity index (χ0) is 26.5. The molecular weight excluding hydrogens is 482 g/mol. The second kappa shape index (κ2) is 11.3. The fourth-order valence-electron chi connectivity index (χ4n) is 4.49. The van der Waals surface area contributed by atoms with Crippen LogP contribution in [-0.2, 0) is 16.1 Å². The van der Waals surface area contributed by atoms with E-state index < -0.39 is 6.04 Å². The lowest BCUT2D eigenvalue weighted by molar-refractivity contribution is -0.127. The maximum atomic E-state index is 14.1. The first kappa shape index (κ1) is 25.3. The van der Waals surface area contributed by atoms with Gasteiger partial charge in [0, 0.05) is 18.3 Å². The van der Waals surface area contributed by atoms with Gasteiger partial charge >= 0.3 is 0 Å². The summed E-state index contributed by atoms with van der Waals surface area (Å²) in [5.74, 6) is 0.993. The average Bonchev–Trinajstić information content (AvgIpc) is 3.34. The first-order valence-corrected chi connectivity index (χ1v) is 12.8. The number of carbonyl (C=O) groups is 2. The predicted octanol–water partition coefficient (Wildman–Crippen LogP) is 4.14. The third-order valence-corrected chi connectivity index (χ3v) is 6.42. The SMILES string of the molecule is CC(C)CCNC(=O)[C@@H](c1ccccc1)N(C(=O)Cn1nnc2ccccc21)c1ccc2c(c1)OCCO2. The highest BCUT2D eigenvalue weighted by atomic mass is 16.6. The highest BCUT2D eigenvalue weighted by Gasteiger charge is 2.34. The van der Waals surface area contributed by atoms with Crippen LogP contribution in [0.15, 0.2) is 72.8 Å². The minimum atomic E-state index is -0.909. The monoisotopic (exact) mass is 513 g/mol. The van der Waals surface area contributed by atoms with Crippen molar-refractivity contribution >= 4 is 28.5 Å². The Hall–Kier alpha value is -4.40. The molecule has 5 rings (SSSR count). The number of aromatic nitrogens is 3. The molecule has 2 heterocycles. The van der Waals surface area contributed by atoms with Gasteiger partial charge in [0.1, 0.15) is 31.3 Å². The molecule has 0 spiro atoms. The standard InChI is InChI=1S/C29H31N5O4/c1-20(2)14-15-30-29(36)28(21-8-4-3-5-9-21)34(22-12-13-25-26(18-22)38-17-16-37-25)27(35)19-33-24-11-7-6-10-23(24)31-32-33/h3-13,18,20,28H,14-17,19H2,1-2H3,(H,30,36)/t28-/m1/s1. The van der Waals surface area contributed by atoms with Crippen molar-refractivity contribution in [3.05, 3.63) is 78.4 Å². The van der Waals surface area contributed by atoms with Crippen LogP contribution in [0.1, 0.15) is 31.9 Å². The van der Waals surface area contributed by atoms with Crippen LogP contribution in [0, 0.1) is 5.92 Å². The normalized spacial score (nSPS) is 13.3. The third-order valence-electron chi connectivity index (χ3n) is 6.42. The number of nitrogens with zero attached hydrogens (tertiary/aromatic N) is 4. The minimum Gasteiger partial charge on any atom is -0.486 e. The number of anilines is 1. The zero-order valence-corrected chi connectivity index (χ0v) is 21.5. The van der Waals surface area contributed by atoms with Gasteiger partial charge in [-0.2, -0.15) is 0 Å². The molecule has 3 aromatic carbocycles. The van der Waals surface area contributed by atoms with Gasteiger partial charge in [0.15, 0.2) is 11.5 Å². The number of ether oxygens (including phenoxy) is 2. The molecule has 9 heteroatoms. The summed E-state index contributed by atoms with van der Waals surface area (Å²) in [6, 6.07) is 21.2. The van der Waals surface area contributed by atoms with Crippen LogP contribution in [-0.4, -0.2) is 46.6 Å². The predicted molar refractivity (Wildman–Crippen MR) is 144 cm³/mol. The van der Waals surface area contributed by atoms with E-state index in [1.807, 2.05) is 54.6 Å². The first-order valence-electron chi connectivity index (χ1n) is 12.8. The van der Waals surface area contributed by atoms with Gasteiger partial charge in [0.25, 0.3) is 0 Å². The highest BCUT2D eigenvalue weighted by Crippen LogP contribution is 2.37. The summed E-state index contributed by atoms with van der Waals surface area (Å²) in [5, 5.41) is 11.4. The first-order chi connectivity index (χ1) is 18.5. The molecular formula is C29H31N5O4. The summed E-state index contributed by atoms with van der Waals surface area (Å²) < 4.78 is 13.1. The lowest BCUT2D eigenvalue weighted by atomic mass is 10.0. The van der Waals surface area contributed by atoms with Crippen molar-refractivity contribution in [2.75, 3.05) is 24.7 Å². The smallest absolute Gasteiger partial charge is 0.249 e. The van der Waals surface area contributed by atoms with E-state index in [1.54, 1.807) is 22.9 Å². The number of rotatable bonds is 9. The Kier molecular flexibility index (Phi) is 7.53. The lowest BCUT2D eigenvalue weighted by Crippen LogP contribution is -2.45. The highest BCUT2D eigenvalue weighted by molar-refractivity contribution is 6.01. The van der Waals surface area contributed by atoms with Crippen molar-refractivity contribution in [3.63, 3.8) is 0 Å². The van der Waals surface area contributed by atoms with Gasteiger partial charge in [-0.3, -0.25) is 14.5 Å². The zero-order valence-electron chi connectivity index (χ0n) is 21.5. The lowest BCUT2D eigenvalue weighted by Gasteiger charge is -2.32. The Morgan fingerprint density at radius 1 is 0.974 bits per heavy atom. The van der Waals surface area contributed by atoms with Crippen LogP contribution in [0.25, 0.3) is 11.0 Å². The minimum absolute atomic E-state index is 0.0996. The van der Waals surface area contributed by atoms with E-state index >= 15 is 0 Å². The largest absolute Gasteiger partial charge is 0.486 e. The van der Waals surface area contributed by atoms with Crippen molar-refractivity contribution < 1.29 is 19.1 Å². The number of para-hydroxylation sites is 1. The molecule has 2 amide bonds. The maximum Gasteiger partial charge on any atom is 0.249 e. The molecule has 0 aliphatic carbocycles. The molecule has 0 unspecified atom stereocenters. The average molecular weight is 514 g/mol. The number of amides is 2. The van der Waals surface area contributed by atoms with Crippen molar-refractivity contribution in [2.24, 2.45) is 5.92 Å². The van der Waals surface area contributed by atoms with E-state index in [-0.39, 0.29) is 18.4 Å². The van der Waals surface area contributed by atoms with Gasteiger partial charge in [-0.1, -0.05) is 61.5 Å². The van der Waals surface area contributed by atoms with Crippen molar-refractivity contribution in [1.82, 2.24) is 20.3 Å². The molecule has 0 saturated heterocycles. The van der Waals surface area contributed by atoms with Gasteiger partial charge in [0.05, 0.1) is 5.52 Å². The summed E-state index contributed by atoms with van der Waals surface area (Å²) in [4.78, 5) is 29.4. The molecule has 1 atom stereocenters. The Balaban J connectivity index is 1.56. The Morgan fingerprint density at radius 2 is 1.71 bits per heavy atom. The Morgan fingerprint density at radius 3 is 2.50 bits per heavy atom. The molecule has 0 bridgehead atoms. The number of nitrogens with one attached hydrogen (secondary N) is 1.